The van der Waals surface area contributed by atoms with Crippen LogP contribution in [0.3, 0.4) is 0 Å². The molecule has 0 aliphatic carbocycles. The molecule has 0 atom stereocenters. The van der Waals surface area contributed by atoms with Gasteiger partial charge >= 0.3 is 99.8 Å². The first-order valence-electron chi connectivity index (χ1n) is 15.9. The van der Waals surface area contributed by atoms with Crippen molar-refractivity contribution in [2.24, 2.45) is 5.92 Å². The second-order valence-corrected chi connectivity index (χ2v) is 21.7. The first-order valence-corrected chi connectivity index (χ1v) is 20.8. The van der Waals surface area contributed by atoms with Crippen molar-refractivity contribution < 1.29 is 31.4 Å². The molecule has 0 aliphatic rings. The Kier molecular flexibility index (Phi) is 7.95. The molecule has 3 heterocycles. The van der Waals surface area contributed by atoms with Crippen LogP contribution < -0.4 is 4.40 Å². The summed E-state index contributed by atoms with van der Waals surface area (Å²) in [4.78, 5) is 8.88. The molecule has 0 unspecified atom stereocenters. The number of aryl methyl sites for hydroxylation is 1. The van der Waals surface area contributed by atoms with Gasteiger partial charge in [-0.15, -0.1) is 18.2 Å². The van der Waals surface area contributed by atoms with Crippen LogP contribution in [-0.2, 0) is 26.5 Å². The van der Waals surface area contributed by atoms with Crippen LogP contribution in [0.2, 0.25) is 17.3 Å². The number of furan rings is 1. The maximum atomic E-state index is 8.51. The van der Waals surface area contributed by atoms with Gasteiger partial charge in [0.2, 0.25) is 0 Å². The Morgan fingerprint density at radius 2 is 1.66 bits per heavy atom. The van der Waals surface area contributed by atoms with E-state index in [4.69, 9.17) is 11.3 Å². The Balaban J connectivity index is 0.000000240. The molecule has 6 aromatic rings. The summed E-state index contributed by atoms with van der Waals surface area (Å²) in [5.74, 6) is 6.73. The molecule has 0 N–H and O–H groups in total. The van der Waals surface area contributed by atoms with E-state index in [1.165, 1.54) is 16.7 Å². The van der Waals surface area contributed by atoms with Crippen molar-refractivity contribution in [1.82, 2.24) is 9.97 Å². The van der Waals surface area contributed by atoms with E-state index in [9.17, 15) is 0 Å². The maximum Gasteiger partial charge on any atom is 0 e. The van der Waals surface area contributed by atoms with Crippen LogP contribution in [0.1, 0.15) is 31.8 Å². The van der Waals surface area contributed by atoms with Gasteiger partial charge in [0.25, 0.3) is 0 Å². The van der Waals surface area contributed by atoms with E-state index in [0.717, 1.165) is 27.6 Å². The Bertz CT molecular complexity index is 1930. The average Bonchev–Trinajstić information content (AvgIpc) is 3.40. The number of para-hydroxylation sites is 1. The molecule has 3 aromatic heterocycles. The van der Waals surface area contributed by atoms with Crippen molar-refractivity contribution in [1.29, 1.82) is 0 Å². The summed E-state index contributed by atoms with van der Waals surface area (Å²) in [5, 5.41) is 1.87. The molecule has 0 saturated heterocycles. The Morgan fingerprint density at radius 1 is 0.878 bits per heavy atom. The van der Waals surface area contributed by atoms with Gasteiger partial charge in [0, 0.05) is 38.5 Å². The molecule has 3 aromatic carbocycles. The van der Waals surface area contributed by atoms with Crippen molar-refractivity contribution in [3.05, 3.63) is 115 Å². The molecule has 0 saturated carbocycles. The molecular weight excluding hydrogens is 741 g/mol. The van der Waals surface area contributed by atoms with Gasteiger partial charge in [0.05, 0.1) is 5.58 Å². The van der Waals surface area contributed by atoms with Gasteiger partial charge in [-0.2, -0.15) is 0 Å². The fraction of sp³-hybridized carbons (Fsp3) is 0.222. The van der Waals surface area contributed by atoms with E-state index in [0.29, 0.717) is 16.8 Å². The van der Waals surface area contributed by atoms with Gasteiger partial charge in [0.1, 0.15) is 5.58 Å². The number of fused-ring (bicyclic) bond motifs is 3. The summed E-state index contributed by atoms with van der Waals surface area (Å²) in [7, 11) is 0. The third kappa shape index (κ3) is 7.24. The maximum absolute atomic E-state index is 8.51. The minimum atomic E-state index is -2.46. The molecule has 0 bridgehead atoms. The molecule has 6 rings (SSSR count). The molecule has 211 valence electrons. The molecule has 0 amide bonds. The zero-order chi connectivity index (χ0) is 32.6. The van der Waals surface area contributed by atoms with E-state index in [-0.39, 0.29) is 31.2 Å². The van der Waals surface area contributed by atoms with Crippen molar-refractivity contribution in [2.75, 3.05) is 0 Å². The molecular formula is C36H36GeIrN2O-2. The monoisotopic (exact) mass is 784 g/mol. The number of rotatable bonds is 5. The largest absolute Gasteiger partial charge is 0 e. The molecule has 3 nitrogen and oxygen atoms in total. The van der Waals surface area contributed by atoms with E-state index in [1.807, 2.05) is 60.8 Å². The van der Waals surface area contributed by atoms with E-state index >= 15 is 0 Å². The standard InChI is InChI=1S/C22H20NO.C14H16GeN.Ir/c1-14(2)11-16-12-20(23-13-15(16)3)19-9-6-8-18-17-7-4-5-10-21(17)24-22(18)19;1-15(2,3)13-9-10-14(16-11-13)12-7-5-4-6-8-12;/h4-8,10,12-14H,11H2,1-3H3;4-7,9-11H,1-3H3;/q2*-1;/i3D3,11D2;;. The molecule has 5 heteroatoms. The van der Waals surface area contributed by atoms with Gasteiger partial charge in [-0.05, 0) is 36.5 Å². The fourth-order valence-electron chi connectivity index (χ4n) is 4.45. The number of hydrogen-bond donors (Lipinski definition) is 0. The SMILES string of the molecule is [2H]C([2H])([2H])c1cnc(-c2[c-]ccc3c2oc2ccccc23)cc1C([2H])([2H])C(C)C.[CH3][Ge]([CH3])([CH3])[c]1ccc(-c2[c-]cccc2)nc1.[Ir]. The van der Waals surface area contributed by atoms with Gasteiger partial charge in [-0.3, -0.25) is 0 Å². The van der Waals surface area contributed by atoms with Gasteiger partial charge in [-0.25, -0.2) is 0 Å². The average molecular weight is 783 g/mol. The summed E-state index contributed by atoms with van der Waals surface area (Å²) in [6.07, 6.45) is 1.46. The van der Waals surface area contributed by atoms with Gasteiger partial charge in [0.15, 0.2) is 0 Å². The number of pyridine rings is 2. The van der Waals surface area contributed by atoms with E-state index < -0.39 is 32.4 Å². The molecule has 0 aliphatic heterocycles. The third-order valence-electron chi connectivity index (χ3n) is 6.56. The number of aromatic nitrogens is 2. The molecule has 1 radical (unpaired) electrons. The topological polar surface area (TPSA) is 38.9 Å². The van der Waals surface area contributed by atoms with Crippen LogP contribution in [0.25, 0.3) is 44.5 Å². The van der Waals surface area contributed by atoms with Crippen molar-refractivity contribution in [3.8, 4) is 22.5 Å². The Labute approximate surface area is 267 Å². The van der Waals surface area contributed by atoms with Crippen molar-refractivity contribution >= 4 is 39.6 Å². The van der Waals surface area contributed by atoms with Crippen molar-refractivity contribution in [2.45, 2.75) is 44.3 Å². The zero-order valence-corrected chi connectivity index (χ0v) is 28.4. The van der Waals surface area contributed by atoms with E-state index in [1.54, 1.807) is 19.9 Å². The molecule has 41 heavy (non-hydrogen) atoms. The van der Waals surface area contributed by atoms with Crippen LogP contribution >= 0.6 is 0 Å². The number of hydrogen-bond acceptors (Lipinski definition) is 3. The summed E-state index contributed by atoms with van der Waals surface area (Å²) in [6.45, 7) is 1.00. The zero-order valence-electron chi connectivity index (χ0n) is 28.9. The first kappa shape index (κ1) is 24.5. The van der Waals surface area contributed by atoms with Crippen LogP contribution in [0.5, 0.6) is 0 Å². The minimum Gasteiger partial charge on any atom is 0 e. The number of nitrogens with zero attached hydrogens (tertiary/aromatic N) is 2. The summed E-state index contributed by atoms with van der Waals surface area (Å²) >= 11 is -1.72. The number of benzene rings is 3. The predicted octanol–water partition coefficient (Wildman–Crippen LogP) is 9.05. The Hall–Kier alpha value is -3.05. The van der Waals surface area contributed by atoms with Crippen LogP contribution in [0, 0.1) is 24.9 Å². The normalized spacial score (nSPS) is 13.8. The second-order valence-electron chi connectivity index (χ2n) is 11.1. The molecule has 0 spiro atoms. The predicted molar refractivity (Wildman–Crippen MR) is 171 cm³/mol. The third-order valence-corrected chi connectivity index (χ3v) is 10.8. The summed E-state index contributed by atoms with van der Waals surface area (Å²) in [5.41, 5.74) is 4.47. The fourth-order valence-corrected chi connectivity index (χ4v) is 6.62. The van der Waals surface area contributed by atoms with Crippen LogP contribution in [-0.4, -0.2) is 23.2 Å². The minimum absolute atomic E-state index is 0. The van der Waals surface area contributed by atoms with Gasteiger partial charge in [-0.1, -0.05) is 54.6 Å². The summed E-state index contributed by atoms with van der Waals surface area (Å²) in [6, 6.07) is 31.5. The second kappa shape index (κ2) is 13.3. The van der Waals surface area contributed by atoms with Gasteiger partial charge < -0.3 is 9.40 Å². The smallest absolute Gasteiger partial charge is 0 e. The Morgan fingerprint density at radius 3 is 2.34 bits per heavy atom. The van der Waals surface area contributed by atoms with Crippen LogP contribution in [0.15, 0.2) is 95.7 Å². The summed E-state index contributed by atoms with van der Waals surface area (Å²) < 4.78 is 47.9. The van der Waals surface area contributed by atoms with Crippen molar-refractivity contribution in [3.63, 3.8) is 0 Å². The first-order chi connectivity index (χ1) is 21.2. The molecule has 0 fully saturated rings. The van der Waals surface area contributed by atoms with Crippen LogP contribution in [0.4, 0.5) is 0 Å². The van der Waals surface area contributed by atoms with E-state index in [2.05, 4.69) is 51.5 Å². The quantitative estimate of drug-likeness (QED) is 0.130.